The molecule has 0 bridgehead atoms. The van der Waals surface area contributed by atoms with Gasteiger partial charge >= 0.3 is 5.97 Å². The Hall–Kier alpha value is -1.42. The van der Waals surface area contributed by atoms with Gasteiger partial charge in [0.25, 0.3) is 0 Å². The van der Waals surface area contributed by atoms with Crippen molar-refractivity contribution < 1.29 is 14.6 Å². The molecule has 4 heteroatoms. The van der Waals surface area contributed by atoms with Gasteiger partial charge in [0.05, 0.1) is 24.5 Å². The summed E-state index contributed by atoms with van der Waals surface area (Å²) in [6, 6.07) is 1.68. The Morgan fingerprint density at radius 2 is 2.31 bits per heavy atom. The average Bonchev–Trinajstić information content (AvgIpc) is 2.62. The quantitative estimate of drug-likeness (QED) is 0.848. The van der Waals surface area contributed by atoms with E-state index in [0.717, 1.165) is 23.4 Å². The summed E-state index contributed by atoms with van der Waals surface area (Å²) < 4.78 is 5.24. The number of aromatic carboxylic acids is 1. The number of aromatic nitrogens is 1. The molecule has 0 spiro atoms. The smallest absolute Gasteiger partial charge is 0.336 e. The van der Waals surface area contributed by atoms with Crippen molar-refractivity contribution in [1.82, 2.24) is 4.98 Å². The molecule has 0 saturated heterocycles. The van der Waals surface area contributed by atoms with Crippen LogP contribution in [-0.2, 0) is 24.4 Å². The fraction of sp³-hybridized carbons (Fsp3) is 0.500. The maximum Gasteiger partial charge on any atom is 0.336 e. The molecule has 0 aromatic carbocycles. The molecule has 0 unspecified atom stereocenters. The van der Waals surface area contributed by atoms with E-state index in [1.54, 1.807) is 6.07 Å². The molecule has 0 amide bonds. The van der Waals surface area contributed by atoms with Crippen molar-refractivity contribution in [2.45, 2.75) is 33.5 Å². The molecule has 16 heavy (non-hydrogen) atoms. The van der Waals surface area contributed by atoms with Crippen molar-refractivity contribution in [1.29, 1.82) is 0 Å². The van der Waals surface area contributed by atoms with Gasteiger partial charge in [-0.05, 0) is 18.4 Å². The molecule has 1 aliphatic rings. The highest BCUT2D eigenvalue weighted by molar-refractivity contribution is 5.89. The number of hydrogen-bond donors (Lipinski definition) is 1. The molecule has 0 aliphatic carbocycles. The van der Waals surface area contributed by atoms with Crippen molar-refractivity contribution in [3.8, 4) is 0 Å². The van der Waals surface area contributed by atoms with E-state index in [2.05, 4.69) is 18.8 Å². The SMILES string of the molecule is CC(C)Cc1cc(C(=O)O)c2c(n1)COC2. The highest BCUT2D eigenvalue weighted by atomic mass is 16.5. The largest absolute Gasteiger partial charge is 0.478 e. The van der Waals surface area contributed by atoms with Crippen LogP contribution in [0.15, 0.2) is 6.07 Å². The predicted molar refractivity (Wildman–Crippen MR) is 58.2 cm³/mol. The molecule has 2 heterocycles. The van der Waals surface area contributed by atoms with Gasteiger partial charge < -0.3 is 9.84 Å². The lowest BCUT2D eigenvalue weighted by atomic mass is 10.0. The summed E-state index contributed by atoms with van der Waals surface area (Å²) in [6.07, 6.45) is 0.799. The van der Waals surface area contributed by atoms with Crippen LogP contribution in [0.3, 0.4) is 0 Å². The molecule has 0 atom stereocenters. The lowest BCUT2D eigenvalue weighted by molar-refractivity contribution is 0.0692. The minimum Gasteiger partial charge on any atom is -0.478 e. The summed E-state index contributed by atoms with van der Waals surface area (Å²) in [5.74, 6) is -0.427. The zero-order valence-electron chi connectivity index (χ0n) is 9.49. The monoisotopic (exact) mass is 221 g/mol. The first-order valence-electron chi connectivity index (χ1n) is 5.40. The van der Waals surface area contributed by atoms with Crippen molar-refractivity contribution in [3.05, 3.63) is 28.6 Å². The topological polar surface area (TPSA) is 59.4 Å². The van der Waals surface area contributed by atoms with E-state index in [1.807, 2.05) is 0 Å². The van der Waals surface area contributed by atoms with E-state index in [0.29, 0.717) is 24.7 Å². The van der Waals surface area contributed by atoms with E-state index >= 15 is 0 Å². The van der Waals surface area contributed by atoms with Crippen LogP contribution in [0.25, 0.3) is 0 Å². The third kappa shape index (κ3) is 2.07. The average molecular weight is 221 g/mol. The minimum absolute atomic E-state index is 0.346. The molecule has 86 valence electrons. The normalized spacial score (nSPS) is 14.2. The predicted octanol–water partition coefficient (Wildman–Crippen LogP) is 2.01. The van der Waals surface area contributed by atoms with Gasteiger partial charge in [-0.2, -0.15) is 0 Å². The summed E-state index contributed by atoms with van der Waals surface area (Å²) in [7, 11) is 0. The Labute approximate surface area is 94.3 Å². The Bertz CT molecular complexity index is 427. The highest BCUT2D eigenvalue weighted by Gasteiger charge is 2.22. The zero-order valence-corrected chi connectivity index (χ0v) is 9.49. The molecule has 1 aromatic rings. The molecular weight excluding hydrogens is 206 g/mol. The molecule has 0 fully saturated rings. The van der Waals surface area contributed by atoms with Crippen LogP contribution < -0.4 is 0 Å². The van der Waals surface area contributed by atoms with Gasteiger partial charge in [0.1, 0.15) is 0 Å². The maximum absolute atomic E-state index is 11.1. The van der Waals surface area contributed by atoms with E-state index in [4.69, 9.17) is 9.84 Å². The summed E-state index contributed by atoms with van der Waals surface area (Å²) in [5, 5.41) is 9.12. The second kappa shape index (κ2) is 4.22. The summed E-state index contributed by atoms with van der Waals surface area (Å²) in [4.78, 5) is 15.6. The van der Waals surface area contributed by atoms with Crippen LogP contribution in [0.1, 0.15) is 41.2 Å². The molecule has 2 rings (SSSR count). The number of carbonyl (C=O) groups is 1. The van der Waals surface area contributed by atoms with E-state index in [9.17, 15) is 4.79 Å². The van der Waals surface area contributed by atoms with Crippen LogP contribution in [0.5, 0.6) is 0 Å². The number of hydrogen-bond acceptors (Lipinski definition) is 3. The highest BCUT2D eigenvalue weighted by Crippen LogP contribution is 2.23. The van der Waals surface area contributed by atoms with Gasteiger partial charge in [0.15, 0.2) is 0 Å². The first kappa shape index (κ1) is 11.1. The first-order chi connectivity index (χ1) is 7.58. The molecule has 1 aromatic heterocycles. The number of fused-ring (bicyclic) bond motifs is 1. The molecule has 1 aliphatic heterocycles. The number of rotatable bonds is 3. The Morgan fingerprint density at radius 3 is 2.94 bits per heavy atom. The van der Waals surface area contributed by atoms with E-state index in [-0.39, 0.29) is 0 Å². The van der Waals surface area contributed by atoms with Gasteiger partial charge in [-0.1, -0.05) is 13.8 Å². The number of pyridine rings is 1. The number of ether oxygens (including phenoxy) is 1. The van der Waals surface area contributed by atoms with Gasteiger partial charge in [0, 0.05) is 11.3 Å². The van der Waals surface area contributed by atoms with Crippen LogP contribution in [0.2, 0.25) is 0 Å². The second-order valence-corrected chi connectivity index (χ2v) is 4.48. The molecule has 4 nitrogen and oxygen atoms in total. The molecule has 0 saturated carbocycles. The molecule has 1 N–H and O–H groups in total. The van der Waals surface area contributed by atoms with Crippen molar-refractivity contribution >= 4 is 5.97 Å². The number of nitrogens with zero attached hydrogens (tertiary/aromatic N) is 1. The van der Waals surface area contributed by atoms with Crippen molar-refractivity contribution in [2.75, 3.05) is 0 Å². The third-order valence-electron chi connectivity index (χ3n) is 2.60. The van der Waals surface area contributed by atoms with Crippen molar-refractivity contribution in [3.63, 3.8) is 0 Å². The summed E-state index contributed by atoms with van der Waals surface area (Å²) in [5.41, 5.74) is 2.71. The van der Waals surface area contributed by atoms with Crippen LogP contribution in [0.4, 0.5) is 0 Å². The Balaban J connectivity index is 2.43. The van der Waals surface area contributed by atoms with Gasteiger partial charge in [-0.3, -0.25) is 4.98 Å². The maximum atomic E-state index is 11.1. The number of carboxylic acid groups (broad SMARTS) is 1. The zero-order chi connectivity index (χ0) is 11.7. The lowest BCUT2D eigenvalue weighted by Crippen LogP contribution is -2.08. The van der Waals surface area contributed by atoms with E-state index in [1.165, 1.54) is 0 Å². The van der Waals surface area contributed by atoms with Crippen molar-refractivity contribution in [2.24, 2.45) is 5.92 Å². The second-order valence-electron chi connectivity index (χ2n) is 4.48. The first-order valence-corrected chi connectivity index (χ1v) is 5.40. The fourth-order valence-electron chi connectivity index (χ4n) is 1.93. The molecular formula is C12H15NO3. The van der Waals surface area contributed by atoms with Crippen LogP contribution in [-0.4, -0.2) is 16.1 Å². The fourth-order valence-corrected chi connectivity index (χ4v) is 1.93. The summed E-state index contributed by atoms with van der Waals surface area (Å²) in [6.45, 7) is 4.98. The van der Waals surface area contributed by atoms with Gasteiger partial charge in [-0.25, -0.2) is 4.79 Å². The Morgan fingerprint density at radius 1 is 1.56 bits per heavy atom. The van der Waals surface area contributed by atoms with E-state index < -0.39 is 5.97 Å². The van der Waals surface area contributed by atoms with Gasteiger partial charge in [0.2, 0.25) is 0 Å². The third-order valence-corrected chi connectivity index (χ3v) is 2.60. The minimum atomic E-state index is -0.894. The Kier molecular flexibility index (Phi) is 2.92. The summed E-state index contributed by atoms with van der Waals surface area (Å²) >= 11 is 0. The molecule has 0 radical (unpaired) electrons. The standard InChI is InChI=1S/C12H15NO3/c1-7(2)3-8-4-9(12(14)15)10-5-16-6-11(10)13-8/h4,7H,3,5-6H2,1-2H3,(H,14,15). The van der Waals surface area contributed by atoms with Gasteiger partial charge in [-0.15, -0.1) is 0 Å². The number of carboxylic acids is 1. The lowest BCUT2D eigenvalue weighted by Gasteiger charge is -2.08. The van der Waals surface area contributed by atoms with Crippen LogP contribution >= 0.6 is 0 Å². The van der Waals surface area contributed by atoms with Crippen LogP contribution in [0, 0.1) is 5.92 Å².